The number of nitrogens with zero attached hydrogens (tertiary/aromatic N) is 4. The summed E-state index contributed by atoms with van der Waals surface area (Å²) in [5.74, 6) is -9.36. The number of rotatable bonds is 45. The Morgan fingerprint density at radius 2 is 0.740 bits per heavy atom. The molecular weight excluding hydrogens is 997 g/mol. The molecule has 440 valence electrons. The zero-order chi connectivity index (χ0) is 58.6. The maximum Gasteiger partial charge on any atom is 0.224 e. The highest BCUT2D eigenvalue weighted by atomic mass is 16.3. The Labute approximate surface area is 454 Å². The molecule has 0 aromatic heterocycles. The lowest BCUT2D eigenvalue weighted by Gasteiger charge is -2.27. The summed E-state index contributed by atoms with van der Waals surface area (Å²) in [5.41, 5.74) is 55.5. The van der Waals surface area contributed by atoms with Gasteiger partial charge in [0.05, 0.1) is 36.7 Å². The number of aliphatic hydroxyl groups is 1. The van der Waals surface area contributed by atoms with E-state index in [0.717, 1.165) is 0 Å². The third-order valence-corrected chi connectivity index (χ3v) is 12.7. The van der Waals surface area contributed by atoms with E-state index in [4.69, 9.17) is 57.3 Å². The standard InChI is InChI=1S/C50H96N18O9/c1-29(2)22-33(46(77)68-38(23-30(3)4)42(73)27-34(28-69)43(52)74)26-41(72)37(16-11-21-65-50(59)60)67-45(76)32(13-8-18-62-47(53)54)25-40(71)36(15-10-20-64-49(57)58)66-44(75)31(12-6-7-17-51)24-39(70)35(61-5)14-9-19-63-48(55)56/h29-38,61,69H,6-28,51H2,1-5H3,(H2,52,74)(H,66,75)(H,67,76)(H,68,77)(H4,53,54,62)(H4,55,56,63)(H4,57,58,64)(H4,59,60,65)/t31-,32-,33-,34+,35+,36+,37+,38+/m1/s1. The fourth-order valence-electron chi connectivity index (χ4n) is 8.60. The summed E-state index contributed by atoms with van der Waals surface area (Å²) in [6.07, 6.45) is 2.19. The predicted octanol–water partition coefficient (Wildman–Crippen LogP) is -2.76. The van der Waals surface area contributed by atoms with E-state index in [2.05, 4.69) is 41.2 Å². The highest BCUT2D eigenvalue weighted by molar-refractivity contribution is 5.97. The summed E-state index contributed by atoms with van der Waals surface area (Å²) in [5, 5.41) is 21.2. The smallest absolute Gasteiger partial charge is 0.224 e. The SMILES string of the molecule is CN[C@@H](CCCN=C(N)N)C(=O)C[C@@H](CCCCN)C(=O)N[C@@H](CCCN=C(N)N)C(=O)C[C@@H](CCCN=C(N)N)C(=O)N[C@@H](CCCN=C(N)N)C(=O)C[C@@H](CC(C)C)C(=O)N[C@@H](CC(C)C)C(=O)C[C@@H](CO)C(N)=O. The lowest BCUT2D eigenvalue weighted by atomic mass is 9.87. The van der Waals surface area contributed by atoms with E-state index in [0.29, 0.717) is 45.2 Å². The molecule has 0 rings (SSSR count). The number of primary amides is 1. The van der Waals surface area contributed by atoms with Crippen LogP contribution in [0.4, 0.5) is 0 Å². The Balaban J connectivity index is 7.14. The number of guanidine groups is 4. The Morgan fingerprint density at radius 1 is 0.416 bits per heavy atom. The molecule has 0 aromatic carbocycles. The van der Waals surface area contributed by atoms with E-state index in [1.54, 1.807) is 7.05 Å². The zero-order valence-electron chi connectivity index (χ0n) is 46.3. The molecule has 0 aliphatic rings. The van der Waals surface area contributed by atoms with Crippen molar-refractivity contribution in [1.29, 1.82) is 0 Å². The van der Waals surface area contributed by atoms with Crippen LogP contribution in [0.1, 0.15) is 137 Å². The van der Waals surface area contributed by atoms with Crippen molar-refractivity contribution in [1.82, 2.24) is 21.3 Å². The number of aliphatic imine (C=N–C) groups is 4. The van der Waals surface area contributed by atoms with Crippen LogP contribution in [-0.4, -0.2) is 146 Å². The van der Waals surface area contributed by atoms with Gasteiger partial charge in [-0.25, -0.2) is 0 Å². The van der Waals surface area contributed by atoms with Gasteiger partial charge in [-0.3, -0.25) is 58.3 Å². The number of hydrogen-bond donors (Lipinski definition) is 15. The van der Waals surface area contributed by atoms with Crippen LogP contribution in [0.15, 0.2) is 20.0 Å². The van der Waals surface area contributed by atoms with E-state index in [1.165, 1.54) is 0 Å². The van der Waals surface area contributed by atoms with Gasteiger partial charge in [0.25, 0.3) is 0 Å². The molecule has 25 N–H and O–H groups in total. The number of amides is 4. The maximum absolute atomic E-state index is 14.6. The van der Waals surface area contributed by atoms with E-state index < -0.39 is 108 Å². The Kier molecular flexibility index (Phi) is 36.5. The monoisotopic (exact) mass is 1090 g/mol. The maximum atomic E-state index is 14.6. The van der Waals surface area contributed by atoms with E-state index >= 15 is 0 Å². The number of likely N-dealkylation sites (N-methyl/N-ethyl adjacent to an activating group) is 1. The number of carbonyl (C=O) groups is 8. The van der Waals surface area contributed by atoms with Gasteiger partial charge in [-0.1, -0.05) is 34.1 Å². The zero-order valence-corrected chi connectivity index (χ0v) is 46.3. The van der Waals surface area contributed by atoms with Crippen LogP contribution < -0.4 is 78.6 Å². The number of ketones is 4. The second-order valence-electron chi connectivity index (χ2n) is 20.4. The highest BCUT2D eigenvalue weighted by Crippen LogP contribution is 2.23. The quantitative estimate of drug-likeness (QED) is 0.0167. The summed E-state index contributed by atoms with van der Waals surface area (Å²) >= 11 is 0. The van der Waals surface area contributed by atoms with Crippen LogP contribution in [0.5, 0.6) is 0 Å². The van der Waals surface area contributed by atoms with Gasteiger partial charge in [0.2, 0.25) is 23.6 Å². The Morgan fingerprint density at radius 3 is 1.10 bits per heavy atom. The Bertz CT molecular complexity index is 1970. The van der Waals surface area contributed by atoms with E-state index in [1.807, 2.05) is 27.7 Å². The molecule has 8 atom stereocenters. The second kappa shape index (κ2) is 39.8. The number of nitrogens with one attached hydrogen (secondary N) is 4. The molecule has 0 saturated carbocycles. The van der Waals surface area contributed by atoms with Crippen molar-refractivity contribution < 1.29 is 43.5 Å². The lowest BCUT2D eigenvalue weighted by Crippen LogP contribution is -2.49. The number of nitrogens with two attached hydrogens (primary N) is 10. The third kappa shape index (κ3) is 32.7. The number of carbonyl (C=O) groups excluding carboxylic acids is 8. The minimum Gasteiger partial charge on any atom is -0.396 e. The molecule has 0 saturated heterocycles. The number of hydrogen-bond acceptors (Lipinski definition) is 15. The molecule has 0 bridgehead atoms. The number of Topliss-reactive ketones (excluding diaryl/α,β-unsaturated/α-hetero) is 4. The van der Waals surface area contributed by atoms with Gasteiger partial charge in [0, 0.05) is 69.6 Å². The normalized spacial score (nSPS) is 14.3. The molecule has 0 fully saturated rings. The average Bonchev–Trinajstić information content (AvgIpc) is 3.34. The molecule has 0 unspecified atom stereocenters. The average molecular weight is 1090 g/mol. The Hall–Kier alpha value is -6.48. The molecule has 0 aliphatic carbocycles. The number of unbranched alkanes of at least 4 members (excludes halogenated alkanes) is 1. The van der Waals surface area contributed by atoms with Crippen LogP contribution in [0.3, 0.4) is 0 Å². The lowest BCUT2D eigenvalue weighted by molar-refractivity contribution is -0.136. The molecular formula is C50H96N18O9. The first kappa shape index (κ1) is 70.5. The van der Waals surface area contributed by atoms with Crippen LogP contribution in [-0.2, 0) is 38.4 Å². The summed E-state index contributed by atoms with van der Waals surface area (Å²) in [7, 11) is 1.64. The van der Waals surface area contributed by atoms with Gasteiger partial charge in [-0.15, -0.1) is 0 Å². The largest absolute Gasteiger partial charge is 0.396 e. The van der Waals surface area contributed by atoms with Gasteiger partial charge < -0.3 is 83.7 Å². The fourth-order valence-corrected chi connectivity index (χ4v) is 8.60. The van der Waals surface area contributed by atoms with Crippen LogP contribution in [0.25, 0.3) is 0 Å². The van der Waals surface area contributed by atoms with Gasteiger partial charge in [0.15, 0.2) is 47.0 Å². The topological polar surface area (TPSA) is 515 Å². The molecule has 0 aliphatic heterocycles. The summed E-state index contributed by atoms with van der Waals surface area (Å²) in [4.78, 5) is 127. The van der Waals surface area contributed by atoms with E-state index in [9.17, 15) is 43.5 Å². The third-order valence-electron chi connectivity index (χ3n) is 12.7. The molecule has 4 amide bonds. The van der Waals surface area contributed by atoms with Crippen LogP contribution >= 0.6 is 0 Å². The first-order chi connectivity index (χ1) is 36.3. The van der Waals surface area contributed by atoms with Crippen LogP contribution in [0.2, 0.25) is 0 Å². The first-order valence-electron chi connectivity index (χ1n) is 26.8. The summed E-state index contributed by atoms with van der Waals surface area (Å²) < 4.78 is 0. The van der Waals surface area contributed by atoms with Gasteiger partial charge in [-0.05, 0) is 102 Å². The second-order valence-corrected chi connectivity index (χ2v) is 20.4. The molecule has 0 radical (unpaired) electrons. The molecule has 0 aromatic rings. The number of aliphatic hydroxyl groups excluding tert-OH is 1. The molecule has 0 spiro atoms. The van der Waals surface area contributed by atoms with Crippen molar-refractivity contribution in [2.45, 2.75) is 161 Å². The van der Waals surface area contributed by atoms with Crippen molar-refractivity contribution in [2.24, 2.45) is 113 Å². The first-order valence-corrected chi connectivity index (χ1v) is 26.8. The van der Waals surface area contributed by atoms with Crippen LogP contribution in [0, 0.1) is 35.5 Å². The van der Waals surface area contributed by atoms with Crippen molar-refractivity contribution in [3.05, 3.63) is 0 Å². The molecule has 77 heavy (non-hydrogen) atoms. The van der Waals surface area contributed by atoms with Crippen molar-refractivity contribution >= 4 is 70.6 Å². The van der Waals surface area contributed by atoms with Gasteiger partial charge in [-0.2, -0.15) is 0 Å². The van der Waals surface area contributed by atoms with Gasteiger partial charge in [0.1, 0.15) is 0 Å². The van der Waals surface area contributed by atoms with Crippen molar-refractivity contribution in [3.8, 4) is 0 Å². The fraction of sp³-hybridized carbons (Fsp3) is 0.760. The summed E-state index contributed by atoms with van der Waals surface area (Å²) in [6.45, 7) is 7.70. The summed E-state index contributed by atoms with van der Waals surface area (Å²) in [6, 6.07) is -4.04. The highest BCUT2D eigenvalue weighted by Gasteiger charge is 2.35. The minimum absolute atomic E-state index is 0.0224. The van der Waals surface area contributed by atoms with Crippen molar-refractivity contribution in [3.63, 3.8) is 0 Å². The van der Waals surface area contributed by atoms with Crippen molar-refractivity contribution in [2.75, 3.05) is 46.4 Å². The minimum atomic E-state index is -1.21. The molecule has 27 nitrogen and oxygen atoms in total. The predicted molar refractivity (Wildman–Crippen MR) is 299 cm³/mol. The van der Waals surface area contributed by atoms with Gasteiger partial charge >= 0.3 is 0 Å². The van der Waals surface area contributed by atoms with E-state index in [-0.39, 0.29) is 125 Å². The molecule has 27 heteroatoms. The molecule has 0 heterocycles.